The smallest absolute Gasteiger partial charge is 0.0917 e. The van der Waals surface area contributed by atoms with Gasteiger partial charge in [-0.05, 0) is 23.6 Å². The van der Waals surface area contributed by atoms with Gasteiger partial charge in [-0.1, -0.05) is 71.4 Å². The quantitative estimate of drug-likeness (QED) is 0.786. The zero-order valence-electron chi connectivity index (χ0n) is 11.9. The predicted octanol–water partition coefficient (Wildman–Crippen LogP) is 3.93. The molecule has 0 bridgehead atoms. The summed E-state index contributed by atoms with van der Waals surface area (Å²) in [6.45, 7) is 2.01. The summed E-state index contributed by atoms with van der Waals surface area (Å²) >= 11 is 3.56. The molecule has 0 amide bonds. The first-order valence-corrected chi connectivity index (χ1v) is 9.13. The van der Waals surface area contributed by atoms with Gasteiger partial charge in [0.2, 0.25) is 0 Å². The lowest BCUT2D eigenvalue weighted by Gasteiger charge is -2.23. The van der Waals surface area contributed by atoms with Crippen LogP contribution in [0.5, 0.6) is 0 Å². The third-order valence-corrected chi connectivity index (χ3v) is 6.44. The molecule has 0 radical (unpaired) electrons. The predicted molar refractivity (Wildman–Crippen MR) is 91.0 cm³/mol. The van der Waals surface area contributed by atoms with Gasteiger partial charge in [-0.3, -0.25) is 4.21 Å². The van der Waals surface area contributed by atoms with Crippen LogP contribution in [0.3, 0.4) is 0 Å². The minimum Gasteiger partial charge on any atom is -0.387 e. The van der Waals surface area contributed by atoms with Crippen molar-refractivity contribution >= 4 is 26.7 Å². The average molecular weight is 367 g/mol. The lowest BCUT2D eigenvalue weighted by atomic mass is 9.99. The standard InChI is InChI=1S/C17H19BrO2S/c1-13(12-21(20)15-10-6-3-7-11-15)16(18)17(19)14-8-4-2-5-9-14/h2-11,13,16-17,19H,12H2,1H3/t13-,16-,17-,21+/m1/s1. The molecule has 0 aliphatic rings. The average Bonchev–Trinajstić information content (AvgIpc) is 2.55. The highest BCUT2D eigenvalue weighted by Gasteiger charge is 2.25. The molecule has 0 saturated heterocycles. The summed E-state index contributed by atoms with van der Waals surface area (Å²) in [7, 11) is -1.05. The lowest BCUT2D eigenvalue weighted by Crippen LogP contribution is -2.24. The van der Waals surface area contributed by atoms with Crippen molar-refractivity contribution in [2.75, 3.05) is 5.75 Å². The molecule has 0 aliphatic heterocycles. The Morgan fingerprint density at radius 1 is 1.05 bits per heavy atom. The van der Waals surface area contributed by atoms with Crippen LogP contribution in [0, 0.1) is 5.92 Å². The van der Waals surface area contributed by atoms with Crippen LogP contribution in [0.1, 0.15) is 18.6 Å². The number of hydrogen-bond acceptors (Lipinski definition) is 2. The molecule has 0 spiro atoms. The maximum atomic E-state index is 12.3. The van der Waals surface area contributed by atoms with Gasteiger partial charge >= 0.3 is 0 Å². The Balaban J connectivity index is 2.00. The Kier molecular flexibility index (Phi) is 6.15. The fraction of sp³-hybridized carbons (Fsp3) is 0.294. The van der Waals surface area contributed by atoms with E-state index in [9.17, 15) is 9.32 Å². The van der Waals surface area contributed by atoms with Gasteiger partial charge in [0.1, 0.15) is 0 Å². The number of benzene rings is 2. The van der Waals surface area contributed by atoms with E-state index in [1.165, 1.54) is 0 Å². The van der Waals surface area contributed by atoms with E-state index in [1.807, 2.05) is 67.6 Å². The van der Waals surface area contributed by atoms with E-state index in [0.29, 0.717) is 5.75 Å². The summed E-state index contributed by atoms with van der Waals surface area (Å²) in [5.41, 5.74) is 0.872. The van der Waals surface area contributed by atoms with Gasteiger partial charge < -0.3 is 5.11 Å². The van der Waals surface area contributed by atoms with E-state index in [0.717, 1.165) is 10.5 Å². The fourth-order valence-corrected chi connectivity index (χ4v) is 4.22. The molecule has 2 rings (SSSR count). The summed E-state index contributed by atoms with van der Waals surface area (Å²) in [4.78, 5) is 0.700. The van der Waals surface area contributed by atoms with Crippen LogP contribution < -0.4 is 0 Å². The summed E-state index contributed by atoms with van der Waals surface area (Å²) in [5.74, 6) is 0.602. The van der Waals surface area contributed by atoms with Crippen LogP contribution in [0.15, 0.2) is 65.6 Å². The Hall–Kier alpha value is -0.970. The largest absolute Gasteiger partial charge is 0.387 e. The molecule has 2 aromatic rings. The van der Waals surface area contributed by atoms with Crippen molar-refractivity contribution < 1.29 is 9.32 Å². The van der Waals surface area contributed by atoms with Crippen molar-refractivity contribution in [3.63, 3.8) is 0 Å². The van der Waals surface area contributed by atoms with Crippen LogP contribution in [0.2, 0.25) is 0 Å². The third-order valence-electron chi connectivity index (χ3n) is 3.41. The van der Waals surface area contributed by atoms with E-state index in [2.05, 4.69) is 15.9 Å². The summed E-state index contributed by atoms with van der Waals surface area (Å²) < 4.78 is 12.3. The number of hydrogen-bond donors (Lipinski definition) is 1. The highest BCUT2D eigenvalue weighted by molar-refractivity contribution is 9.09. The fourth-order valence-electron chi connectivity index (χ4n) is 2.14. The molecule has 0 fully saturated rings. The van der Waals surface area contributed by atoms with Crippen molar-refractivity contribution in [3.05, 3.63) is 66.2 Å². The van der Waals surface area contributed by atoms with Crippen molar-refractivity contribution in [3.8, 4) is 0 Å². The van der Waals surface area contributed by atoms with Gasteiger partial charge in [0, 0.05) is 15.5 Å². The number of aliphatic hydroxyl groups excluding tert-OH is 1. The monoisotopic (exact) mass is 366 g/mol. The molecule has 21 heavy (non-hydrogen) atoms. The number of alkyl halides is 1. The molecule has 0 aromatic heterocycles. The van der Waals surface area contributed by atoms with Crippen molar-refractivity contribution in [2.45, 2.75) is 22.8 Å². The molecule has 4 heteroatoms. The minimum absolute atomic E-state index is 0.0845. The van der Waals surface area contributed by atoms with Gasteiger partial charge in [0.15, 0.2) is 0 Å². The van der Waals surface area contributed by atoms with Crippen LogP contribution in [0.25, 0.3) is 0 Å². The zero-order chi connectivity index (χ0) is 15.2. The van der Waals surface area contributed by atoms with Crippen molar-refractivity contribution in [1.29, 1.82) is 0 Å². The maximum absolute atomic E-state index is 12.3. The third kappa shape index (κ3) is 4.50. The van der Waals surface area contributed by atoms with Gasteiger partial charge in [0.05, 0.1) is 16.9 Å². The van der Waals surface area contributed by atoms with Gasteiger partial charge in [-0.2, -0.15) is 0 Å². The Morgan fingerprint density at radius 3 is 2.14 bits per heavy atom. The SMILES string of the molecule is C[C@H](C[S@](=O)c1ccccc1)[C@@H](Br)[C@H](O)c1ccccc1. The number of aliphatic hydroxyl groups is 1. The van der Waals surface area contributed by atoms with E-state index in [1.54, 1.807) is 0 Å². The summed E-state index contributed by atoms with van der Waals surface area (Å²) in [5, 5.41) is 10.4. The molecular formula is C17H19BrO2S. The topological polar surface area (TPSA) is 37.3 Å². The van der Waals surface area contributed by atoms with Gasteiger partial charge in [-0.25, -0.2) is 0 Å². The second kappa shape index (κ2) is 7.87. The van der Waals surface area contributed by atoms with Crippen molar-refractivity contribution in [1.82, 2.24) is 0 Å². The lowest BCUT2D eigenvalue weighted by molar-refractivity contribution is 0.161. The van der Waals surface area contributed by atoms with Gasteiger partial charge in [0.25, 0.3) is 0 Å². The molecule has 0 heterocycles. The second-order valence-corrected chi connectivity index (χ2v) is 7.66. The number of rotatable bonds is 6. The van der Waals surface area contributed by atoms with E-state index in [4.69, 9.17) is 0 Å². The Labute approximate surface area is 136 Å². The van der Waals surface area contributed by atoms with Gasteiger partial charge in [-0.15, -0.1) is 0 Å². The zero-order valence-corrected chi connectivity index (χ0v) is 14.3. The maximum Gasteiger partial charge on any atom is 0.0917 e. The highest BCUT2D eigenvalue weighted by Crippen LogP contribution is 2.29. The summed E-state index contributed by atoms with van der Waals surface area (Å²) in [6.07, 6.45) is -0.603. The van der Waals surface area contributed by atoms with Crippen molar-refractivity contribution in [2.24, 2.45) is 5.92 Å². The Morgan fingerprint density at radius 2 is 1.57 bits per heavy atom. The van der Waals surface area contributed by atoms with Crippen LogP contribution in [0.4, 0.5) is 0 Å². The summed E-state index contributed by atoms with van der Waals surface area (Å²) in [6, 6.07) is 19.0. The van der Waals surface area contributed by atoms with Crippen LogP contribution >= 0.6 is 15.9 Å². The van der Waals surface area contributed by atoms with Crippen LogP contribution in [-0.2, 0) is 10.8 Å². The highest BCUT2D eigenvalue weighted by atomic mass is 79.9. The number of halogens is 1. The van der Waals surface area contributed by atoms with E-state index < -0.39 is 16.9 Å². The van der Waals surface area contributed by atoms with E-state index in [-0.39, 0.29) is 10.7 Å². The molecule has 4 atom stereocenters. The van der Waals surface area contributed by atoms with Crippen LogP contribution in [-0.4, -0.2) is 19.9 Å². The molecule has 2 aromatic carbocycles. The molecule has 0 unspecified atom stereocenters. The first-order chi connectivity index (χ1) is 10.1. The Bertz CT molecular complexity index is 574. The molecule has 0 saturated carbocycles. The molecule has 112 valence electrons. The first kappa shape index (κ1) is 16.4. The van der Waals surface area contributed by atoms with E-state index >= 15 is 0 Å². The molecular weight excluding hydrogens is 348 g/mol. The molecule has 0 aliphatic carbocycles. The molecule has 2 nitrogen and oxygen atoms in total. The normalized spacial score (nSPS) is 16.9. The minimum atomic E-state index is -1.05. The molecule has 1 N–H and O–H groups in total. The first-order valence-electron chi connectivity index (χ1n) is 6.90. The second-order valence-electron chi connectivity index (χ2n) is 5.10.